The van der Waals surface area contributed by atoms with Gasteiger partial charge >= 0.3 is 0 Å². The van der Waals surface area contributed by atoms with E-state index in [2.05, 4.69) is 23.6 Å². The number of benzene rings is 3. The molecule has 0 spiro atoms. The average Bonchev–Trinajstić information content (AvgIpc) is 3.38. The molecule has 0 saturated carbocycles. The number of carbonyl (C=O) groups excluding carboxylic acids is 1. The van der Waals surface area contributed by atoms with Gasteiger partial charge in [-0.1, -0.05) is 35.9 Å². The molecular weight excluding hydrogens is 434 g/mol. The minimum absolute atomic E-state index is 0.0401. The number of carbonyl (C=O) groups is 1. The third-order valence-electron chi connectivity index (χ3n) is 6.10. The summed E-state index contributed by atoms with van der Waals surface area (Å²) in [4.78, 5) is 19.6. The van der Waals surface area contributed by atoms with Gasteiger partial charge in [0.1, 0.15) is 11.6 Å². The highest BCUT2D eigenvalue weighted by Crippen LogP contribution is 2.33. The van der Waals surface area contributed by atoms with Crippen LogP contribution in [0, 0.1) is 6.92 Å². The Morgan fingerprint density at radius 3 is 2.70 bits per heavy atom. The number of aromatic nitrogens is 2. The Balaban J connectivity index is 1.34. The Bertz CT molecular complexity index is 1280. The van der Waals surface area contributed by atoms with Crippen LogP contribution in [-0.2, 0) is 11.3 Å². The topological polar surface area (TPSA) is 47.4 Å². The molecule has 0 radical (unpaired) electrons. The molecule has 5 nitrogen and oxygen atoms in total. The van der Waals surface area contributed by atoms with Crippen LogP contribution in [0.15, 0.2) is 72.8 Å². The van der Waals surface area contributed by atoms with Gasteiger partial charge in [-0.15, -0.1) is 0 Å². The lowest BCUT2D eigenvalue weighted by Crippen LogP contribution is -2.24. The number of rotatable bonds is 7. The minimum atomic E-state index is 0.0401. The molecule has 1 fully saturated rings. The summed E-state index contributed by atoms with van der Waals surface area (Å²) < 4.78 is 8.22. The number of ether oxygens (including phenoxy) is 1. The van der Waals surface area contributed by atoms with Crippen LogP contribution in [0.25, 0.3) is 11.0 Å². The second-order valence-electron chi connectivity index (χ2n) is 8.51. The monoisotopic (exact) mass is 459 g/mol. The van der Waals surface area contributed by atoms with Crippen molar-refractivity contribution in [3.05, 3.63) is 89.2 Å². The quantitative estimate of drug-likeness (QED) is 0.319. The lowest BCUT2D eigenvalue weighted by molar-refractivity contribution is -0.117. The van der Waals surface area contributed by atoms with Crippen LogP contribution in [0.4, 0.5) is 5.69 Å². The molecule has 0 aliphatic carbocycles. The molecule has 2 heterocycles. The second-order valence-corrected chi connectivity index (χ2v) is 8.95. The van der Waals surface area contributed by atoms with Gasteiger partial charge in [-0.2, -0.15) is 0 Å². The maximum atomic E-state index is 12.9. The van der Waals surface area contributed by atoms with E-state index < -0.39 is 0 Å². The number of para-hydroxylation sites is 2. The van der Waals surface area contributed by atoms with E-state index in [1.165, 1.54) is 5.56 Å². The summed E-state index contributed by atoms with van der Waals surface area (Å²) in [5.41, 5.74) is 4.12. The van der Waals surface area contributed by atoms with Crippen LogP contribution in [0.5, 0.6) is 5.75 Å². The molecule has 0 unspecified atom stereocenters. The Kier molecular flexibility index (Phi) is 6.05. The van der Waals surface area contributed by atoms with E-state index in [9.17, 15) is 4.79 Å². The van der Waals surface area contributed by atoms with Gasteiger partial charge in [0.25, 0.3) is 0 Å². The maximum absolute atomic E-state index is 12.9. The lowest BCUT2D eigenvalue weighted by Gasteiger charge is -2.17. The summed E-state index contributed by atoms with van der Waals surface area (Å²) in [7, 11) is 0. The van der Waals surface area contributed by atoms with Crippen molar-refractivity contribution in [2.75, 3.05) is 18.1 Å². The van der Waals surface area contributed by atoms with Gasteiger partial charge in [-0.25, -0.2) is 4.98 Å². The highest BCUT2D eigenvalue weighted by molar-refractivity contribution is 6.30. The van der Waals surface area contributed by atoms with Crippen molar-refractivity contribution < 1.29 is 9.53 Å². The molecule has 168 valence electrons. The zero-order valence-electron chi connectivity index (χ0n) is 18.6. The first-order valence-corrected chi connectivity index (χ1v) is 11.7. The Labute approximate surface area is 198 Å². The first-order chi connectivity index (χ1) is 16.1. The van der Waals surface area contributed by atoms with E-state index in [-0.39, 0.29) is 11.8 Å². The van der Waals surface area contributed by atoms with Gasteiger partial charge in [0.05, 0.1) is 17.6 Å². The van der Waals surface area contributed by atoms with Crippen molar-refractivity contribution >= 4 is 34.2 Å². The standard InChI is InChI=1S/C27H26ClN3O2/c1-19-6-4-7-23(16-19)33-15-5-14-30-25-9-3-2-8-24(25)29-27(30)20-17-26(32)31(18-20)22-12-10-21(28)11-13-22/h2-4,6-13,16,20H,5,14-15,17-18H2,1H3/t20-/m1/s1. The summed E-state index contributed by atoms with van der Waals surface area (Å²) in [5, 5.41) is 0.664. The third kappa shape index (κ3) is 4.60. The molecule has 0 bridgehead atoms. The number of anilines is 1. The molecule has 1 saturated heterocycles. The molecule has 1 aliphatic heterocycles. The molecule has 1 atom stereocenters. The van der Waals surface area contributed by atoms with Crippen molar-refractivity contribution in [3.8, 4) is 5.75 Å². The number of halogens is 1. The zero-order chi connectivity index (χ0) is 22.8. The minimum Gasteiger partial charge on any atom is -0.494 e. The molecule has 1 aliphatic rings. The third-order valence-corrected chi connectivity index (χ3v) is 6.35. The Morgan fingerprint density at radius 1 is 1.06 bits per heavy atom. The smallest absolute Gasteiger partial charge is 0.227 e. The number of amides is 1. The molecule has 1 aromatic heterocycles. The largest absolute Gasteiger partial charge is 0.494 e. The van der Waals surface area contributed by atoms with Gasteiger partial charge in [0.2, 0.25) is 5.91 Å². The fourth-order valence-electron chi connectivity index (χ4n) is 4.51. The van der Waals surface area contributed by atoms with E-state index in [1.807, 2.05) is 65.6 Å². The summed E-state index contributed by atoms with van der Waals surface area (Å²) >= 11 is 6.03. The molecule has 3 aromatic carbocycles. The fourth-order valence-corrected chi connectivity index (χ4v) is 4.64. The van der Waals surface area contributed by atoms with Crippen LogP contribution >= 0.6 is 11.6 Å². The number of hydrogen-bond donors (Lipinski definition) is 0. The predicted octanol–water partition coefficient (Wildman–Crippen LogP) is 5.99. The molecule has 4 aromatic rings. The number of imidazole rings is 1. The van der Waals surface area contributed by atoms with Gasteiger partial charge in [0, 0.05) is 36.1 Å². The van der Waals surface area contributed by atoms with Crippen LogP contribution < -0.4 is 9.64 Å². The van der Waals surface area contributed by atoms with Gasteiger partial charge < -0.3 is 14.2 Å². The molecule has 1 amide bonds. The summed E-state index contributed by atoms with van der Waals surface area (Å²) in [5.74, 6) is 2.02. The van der Waals surface area contributed by atoms with Crippen molar-refractivity contribution in [1.29, 1.82) is 0 Å². The van der Waals surface area contributed by atoms with Crippen LogP contribution in [0.2, 0.25) is 5.02 Å². The maximum Gasteiger partial charge on any atom is 0.227 e. The van der Waals surface area contributed by atoms with E-state index in [4.69, 9.17) is 21.3 Å². The highest BCUT2D eigenvalue weighted by Gasteiger charge is 2.34. The van der Waals surface area contributed by atoms with E-state index in [0.717, 1.165) is 41.3 Å². The van der Waals surface area contributed by atoms with Crippen LogP contribution in [0.1, 0.15) is 30.1 Å². The van der Waals surface area contributed by atoms with Crippen molar-refractivity contribution in [2.24, 2.45) is 0 Å². The number of nitrogens with zero attached hydrogens (tertiary/aromatic N) is 3. The van der Waals surface area contributed by atoms with Crippen molar-refractivity contribution in [3.63, 3.8) is 0 Å². The van der Waals surface area contributed by atoms with E-state index in [0.29, 0.717) is 24.6 Å². The molecule has 5 rings (SSSR count). The summed E-state index contributed by atoms with van der Waals surface area (Å²) in [6, 6.07) is 23.7. The normalized spacial score (nSPS) is 16.0. The molecular formula is C27H26ClN3O2. The predicted molar refractivity (Wildman–Crippen MR) is 132 cm³/mol. The fraction of sp³-hybridized carbons (Fsp3) is 0.259. The van der Waals surface area contributed by atoms with E-state index >= 15 is 0 Å². The Morgan fingerprint density at radius 2 is 1.88 bits per heavy atom. The first kappa shape index (κ1) is 21.5. The van der Waals surface area contributed by atoms with E-state index in [1.54, 1.807) is 0 Å². The van der Waals surface area contributed by atoms with Gasteiger partial charge in [-0.3, -0.25) is 4.79 Å². The van der Waals surface area contributed by atoms with Crippen LogP contribution in [0.3, 0.4) is 0 Å². The summed E-state index contributed by atoms with van der Waals surface area (Å²) in [6.45, 7) is 4.08. The highest BCUT2D eigenvalue weighted by atomic mass is 35.5. The number of hydrogen-bond acceptors (Lipinski definition) is 3. The first-order valence-electron chi connectivity index (χ1n) is 11.3. The molecule has 6 heteroatoms. The number of fused-ring (bicyclic) bond motifs is 1. The lowest BCUT2D eigenvalue weighted by atomic mass is 10.1. The Hall–Kier alpha value is -3.31. The summed E-state index contributed by atoms with van der Waals surface area (Å²) in [6.07, 6.45) is 1.30. The molecule has 0 N–H and O–H groups in total. The van der Waals surface area contributed by atoms with Crippen LogP contribution in [-0.4, -0.2) is 28.6 Å². The average molecular weight is 460 g/mol. The van der Waals surface area contributed by atoms with Gasteiger partial charge in [0.15, 0.2) is 0 Å². The number of aryl methyl sites for hydroxylation is 2. The van der Waals surface area contributed by atoms with Crippen molar-refractivity contribution in [2.45, 2.75) is 32.2 Å². The molecule has 33 heavy (non-hydrogen) atoms. The zero-order valence-corrected chi connectivity index (χ0v) is 19.3. The second kappa shape index (κ2) is 9.28. The van der Waals surface area contributed by atoms with Crippen molar-refractivity contribution in [1.82, 2.24) is 9.55 Å². The SMILES string of the molecule is Cc1cccc(OCCCn2c([C@@H]3CC(=O)N(c4ccc(Cl)cc4)C3)nc3ccccc32)c1. The van der Waals surface area contributed by atoms with Gasteiger partial charge in [-0.05, 0) is 67.4 Å².